The first-order valence-corrected chi connectivity index (χ1v) is 8.99. The van der Waals surface area contributed by atoms with Crippen LogP contribution in [0.25, 0.3) is 0 Å². The Labute approximate surface area is 128 Å². The number of fused-ring (bicyclic) bond motifs is 1. The van der Waals surface area contributed by atoms with Crippen molar-refractivity contribution in [2.24, 2.45) is 17.8 Å². The Morgan fingerprint density at radius 3 is 1.95 bits per heavy atom. The monoisotopic (exact) mass is 282 g/mol. The molecule has 112 valence electrons. The second kappa shape index (κ2) is 5.59. The van der Waals surface area contributed by atoms with Crippen LogP contribution >= 0.6 is 0 Å². The molecule has 3 fully saturated rings. The van der Waals surface area contributed by atoms with Crippen molar-refractivity contribution < 1.29 is 4.79 Å². The SMILES string of the molecule is O=C(c1ccc(C2CCCCC2)cc1)C1C2CCCCC21. The van der Waals surface area contributed by atoms with Crippen molar-refractivity contribution in [2.45, 2.75) is 63.7 Å². The summed E-state index contributed by atoms with van der Waals surface area (Å²) in [5.41, 5.74) is 2.42. The molecule has 1 heteroatoms. The van der Waals surface area contributed by atoms with Crippen molar-refractivity contribution in [2.75, 3.05) is 0 Å². The van der Waals surface area contributed by atoms with E-state index in [0.717, 1.165) is 23.3 Å². The average molecular weight is 282 g/mol. The Morgan fingerprint density at radius 1 is 0.762 bits per heavy atom. The van der Waals surface area contributed by atoms with Crippen LogP contribution < -0.4 is 0 Å². The quantitative estimate of drug-likeness (QED) is 0.683. The van der Waals surface area contributed by atoms with Crippen molar-refractivity contribution in [1.82, 2.24) is 0 Å². The lowest BCUT2D eigenvalue weighted by atomic mass is 9.84. The second-order valence-electron chi connectivity index (χ2n) is 7.46. The zero-order valence-corrected chi connectivity index (χ0v) is 12.9. The van der Waals surface area contributed by atoms with Crippen LogP contribution in [0.15, 0.2) is 24.3 Å². The number of hydrogen-bond acceptors (Lipinski definition) is 1. The summed E-state index contributed by atoms with van der Waals surface area (Å²) >= 11 is 0. The van der Waals surface area contributed by atoms with Gasteiger partial charge < -0.3 is 0 Å². The van der Waals surface area contributed by atoms with Crippen LogP contribution in [0.3, 0.4) is 0 Å². The summed E-state index contributed by atoms with van der Waals surface area (Å²) in [6.07, 6.45) is 12.1. The van der Waals surface area contributed by atoms with E-state index in [1.807, 2.05) is 0 Å². The number of hydrogen-bond donors (Lipinski definition) is 0. The van der Waals surface area contributed by atoms with Crippen LogP contribution in [-0.4, -0.2) is 5.78 Å². The maximum Gasteiger partial charge on any atom is 0.166 e. The number of rotatable bonds is 3. The van der Waals surface area contributed by atoms with E-state index in [1.54, 1.807) is 0 Å². The molecule has 0 radical (unpaired) electrons. The molecule has 0 bridgehead atoms. The van der Waals surface area contributed by atoms with Gasteiger partial charge in [-0.25, -0.2) is 0 Å². The molecule has 0 aromatic heterocycles. The molecule has 0 N–H and O–H groups in total. The fourth-order valence-electron chi connectivity index (χ4n) is 4.93. The van der Waals surface area contributed by atoms with Gasteiger partial charge in [0, 0.05) is 11.5 Å². The first-order valence-electron chi connectivity index (χ1n) is 8.99. The largest absolute Gasteiger partial charge is 0.294 e. The number of benzene rings is 1. The van der Waals surface area contributed by atoms with Crippen LogP contribution in [0.5, 0.6) is 0 Å². The third-order valence-electron chi connectivity index (χ3n) is 6.23. The molecule has 2 unspecified atom stereocenters. The zero-order valence-electron chi connectivity index (χ0n) is 12.9. The molecule has 1 nitrogen and oxygen atoms in total. The molecule has 3 aliphatic rings. The minimum Gasteiger partial charge on any atom is -0.294 e. The Kier molecular flexibility index (Phi) is 3.61. The van der Waals surface area contributed by atoms with Gasteiger partial charge >= 0.3 is 0 Å². The lowest BCUT2D eigenvalue weighted by Gasteiger charge is -2.22. The van der Waals surface area contributed by atoms with Crippen LogP contribution in [0.1, 0.15) is 79.6 Å². The van der Waals surface area contributed by atoms with E-state index in [9.17, 15) is 4.79 Å². The maximum atomic E-state index is 12.7. The van der Waals surface area contributed by atoms with E-state index in [2.05, 4.69) is 24.3 Å². The minimum atomic E-state index is 0.369. The smallest absolute Gasteiger partial charge is 0.166 e. The molecule has 4 rings (SSSR count). The highest BCUT2D eigenvalue weighted by molar-refractivity contribution is 6.00. The summed E-state index contributed by atoms with van der Waals surface area (Å²) in [7, 11) is 0. The summed E-state index contributed by atoms with van der Waals surface area (Å²) in [4.78, 5) is 12.7. The molecule has 0 saturated heterocycles. The van der Waals surface area contributed by atoms with Crippen molar-refractivity contribution >= 4 is 5.78 Å². The van der Waals surface area contributed by atoms with E-state index in [-0.39, 0.29) is 0 Å². The lowest BCUT2D eigenvalue weighted by molar-refractivity contribution is 0.0956. The van der Waals surface area contributed by atoms with Gasteiger partial charge in [0.15, 0.2) is 5.78 Å². The van der Waals surface area contributed by atoms with Crippen molar-refractivity contribution in [1.29, 1.82) is 0 Å². The molecule has 0 spiro atoms. The molecule has 1 aromatic rings. The average Bonchev–Trinajstić information content (AvgIpc) is 3.29. The van der Waals surface area contributed by atoms with Gasteiger partial charge in [0.25, 0.3) is 0 Å². The summed E-state index contributed by atoms with van der Waals surface area (Å²) in [5, 5.41) is 0. The van der Waals surface area contributed by atoms with Crippen LogP contribution in [-0.2, 0) is 0 Å². The topological polar surface area (TPSA) is 17.1 Å². The fourth-order valence-corrected chi connectivity index (χ4v) is 4.93. The van der Waals surface area contributed by atoms with Crippen LogP contribution in [0, 0.1) is 17.8 Å². The Bertz CT molecular complexity index is 497. The van der Waals surface area contributed by atoms with Gasteiger partial charge in [0.2, 0.25) is 0 Å². The second-order valence-corrected chi connectivity index (χ2v) is 7.46. The van der Waals surface area contributed by atoms with E-state index >= 15 is 0 Å². The van der Waals surface area contributed by atoms with Crippen LogP contribution in [0.2, 0.25) is 0 Å². The molecular weight excluding hydrogens is 256 g/mol. The van der Waals surface area contributed by atoms with Gasteiger partial charge in [-0.2, -0.15) is 0 Å². The van der Waals surface area contributed by atoms with Gasteiger partial charge in [-0.05, 0) is 49.0 Å². The van der Waals surface area contributed by atoms with Crippen molar-refractivity contribution in [3.8, 4) is 0 Å². The molecule has 3 saturated carbocycles. The summed E-state index contributed by atoms with van der Waals surface area (Å²) in [6, 6.07) is 8.68. The lowest BCUT2D eigenvalue weighted by Crippen LogP contribution is -2.07. The molecule has 3 aliphatic carbocycles. The first kappa shape index (κ1) is 13.5. The zero-order chi connectivity index (χ0) is 14.2. The van der Waals surface area contributed by atoms with Crippen molar-refractivity contribution in [3.63, 3.8) is 0 Å². The summed E-state index contributed by atoms with van der Waals surface area (Å²) in [6.45, 7) is 0. The number of ketones is 1. The molecule has 1 aromatic carbocycles. The normalized spacial score (nSPS) is 32.5. The van der Waals surface area contributed by atoms with Crippen LogP contribution in [0.4, 0.5) is 0 Å². The Hall–Kier alpha value is -1.11. The highest BCUT2D eigenvalue weighted by Crippen LogP contribution is 2.56. The third-order valence-corrected chi connectivity index (χ3v) is 6.23. The molecule has 0 aliphatic heterocycles. The Morgan fingerprint density at radius 2 is 1.33 bits per heavy atom. The van der Waals surface area contributed by atoms with E-state index in [0.29, 0.717) is 11.7 Å². The highest BCUT2D eigenvalue weighted by Gasteiger charge is 2.54. The first-order chi connectivity index (χ1) is 10.3. The molecule has 21 heavy (non-hydrogen) atoms. The third kappa shape index (κ3) is 2.56. The number of carbonyl (C=O) groups is 1. The van der Waals surface area contributed by atoms with E-state index < -0.39 is 0 Å². The number of Topliss-reactive ketones (excluding diaryl/α,β-unsaturated/α-hetero) is 1. The maximum absolute atomic E-state index is 12.7. The molecular formula is C20H26O. The van der Waals surface area contributed by atoms with E-state index in [4.69, 9.17) is 0 Å². The van der Waals surface area contributed by atoms with Gasteiger partial charge in [0.1, 0.15) is 0 Å². The molecule has 0 amide bonds. The van der Waals surface area contributed by atoms with Gasteiger partial charge in [-0.3, -0.25) is 4.79 Å². The summed E-state index contributed by atoms with van der Waals surface area (Å²) < 4.78 is 0. The molecule has 0 heterocycles. The van der Waals surface area contributed by atoms with Gasteiger partial charge in [-0.1, -0.05) is 56.4 Å². The Balaban J connectivity index is 1.45. The van der Waals surface area contributed by atoms with Gasteiger partial charge in [-0.15, -0.1) is 0 Å². The standard InChI is InChI=1S/C20H26O/c21-20(19-17-8-4-5-9-18(17)19)16-12-10-15(11-13-16)14-6-2-1-3-7-14/h10-14,17-19H,1-9H2. The predicted octanol–water partition coefficient (Wildman–Crippen LogP) is 5.35. The predicted molar refractivity (Wildman–Crippen MR) is 85.5 cm³/mol. The fraction of sp³-hybridized carbons (Fsp3) is 0.650. The summed E-state index contributed by atoms with van der Waals surface area (Å²) in [5.74, 6) is 3.00. The van der Waals surface area contributed by atoms with Crippen molar-refractivity contribution in [3.05, 3.63) is 35.4 Å². The minimum absolute atomic E-state index is 0.369. The van der Waals surface area contributed by atoms with E-state index in [1.165, 1.54) is 63.4 Å². The number of carbonyl (C=O) groups excluding carboxylic acids is 1. The van der Waals surface area contributed by atoms with Gasteiger partial charge in [0.05, 0.1) is 0 Å². The highest BCUT2D eigenvalue weighted by atomic mass is 16.1. The molecule has 2 atom stereocenters.